The number of ether oxygens (including phenoxy) is 2. The minimum absolute atomic E-state index is 0.00294. The topological polar surface area (TPSA) is 77.4 Å². The fourth-order valence-corrected chi connectivity index (χ4v) is 6.19. The van der Waals surface area contributed by atoms with Crippen molar-refractivity contribution in [3.8, 4) is 11.5 Å². The van der Waals surface area contributed by atoms with E-state index in [1.165, 1.54) is 4.90 Å². The van der Waals surface area contributed by atoms with Crippen LogP contribution in [-0.4, -0.2) is 37.8 Å². The highest BCUT2D eigenvalue weighted by Gasteiger charge is 2.70. The number of benzene rings is 2. The molecular formula is C24H22N2O5. The zero-order valence-corrected chi connectivity index (χ0v) is 17.2. The monoisotopic (exact) mass is 418 g/mol. The molecule has 2 amide bonds. The molecule has 6 rings (SSSR count). The molecule has 4 aliphatic rings. The van der Waals surface area contributed by atoms with Gasteiger partial charge in [0, 0.05) is 17.4 Å². The van der Waals surface area contributed by atoms with E-state index in [4.69, 9.17) is 14.3 Å². The Bertz CT molecular complexity index is 1110. The van der Waals surface area contributed by atoms with E-state index in [0.717, 1.165) is 17.7 Å². The summed E-state index contributed by atoms with van der Waals surface area (Å²) in [4.78, 5) is 33.9. The van der Waals surface area contributed by atoms with Crippen LogP contribution in [0.2, 0.25) is 0 Å². The Hall–Kier alpha value is -3.35. The summed E-state index contributed by atoms with van der Waals surface area (Å²) >= 11 is 0. The lowest BCUT2D eigenvalue weighted by Gasteiger charge is -2.29. The van der Waals surface area contributed by atoms with E-state index < -0.39 is 0 Å². The predicted octanol–water partition coefficient (Wildman–Crippen LogP) is 2.88. The largest absolute Gasteiger partial charge is 0.493 e. The predicted molar refractivity (Wildman–Crippen MR) is 112 cm³/mol. The molecule has 158 valence electrons. The van der Waals surface area contributed by atoms with Crippen molar-refractivity contribution >= 4 is 23.2 Å². The lowest BCUT2D eigenvalue weighted by atomic mass is 9.71. The van der Waals surface area contributed by atoms with E-state index in [2.05, 4.69) is 5.16 Å². The normalized spacial score (nSPS) is 32.6. The first-order valence-electron chi connectivity index (χ1n) is 10.5. The van der Waals surface area contributed by atoms with Gasteiger partial charge in [0.1, 0.15) is 6.10 Å². The highest BCUT2D eigenvalue weighted by molar-refractivity contribution is 6.23. The molecule has 7 heteroatoms. The summed E-state index contributed by atoms with van der Waals surface area (Å²) in [6, 6.07) is 14.9. The zero-order valence-electron chi connectivity index (χ0n) is 17.2. The Morgan fingerprint density at radius 1 is 0.903 bits per heavy atom. The number of amides is 2. The molecule has 2 bridgehead atoms. The summed E-state index contributed by atoms with van der Waals surface area (Å²) < 4.78 is 10.8. The molecular weight excluding hydrogens is 396 g/mol. The van der Waals surface area contributed by atoms with Crippen molar-refractivity contribution in [2.75, 3.05) is 19.1 Å². The van der Waals surface area contributed by atoms with Gasteiger partial charge in [0.05, 0.1) is 37.5 Å². The number of fused-ring (bicyclic) bond motifs is 8. The molecule has 2 saturated carbocycles. The molecule has 6 atom stereocenters. The maximum Gasteiger partial charge on any atom is 0.238 e. The first-order valence-corrected chi connectivity index (χ1v) is 10.5. The van der Waals surface area contributed by atoms with E-state index >= 15 is 0 Å². The average molecular weight is 418 g/mol. The number of para-hydroxylation sites is 1. The molecule has 2 heterocycles. The van der Waals surface area contributed by atoms with Crippen LogP contribution < -0.4 is 14.4 Å². The van der Waals surface area contributed by atoms with Gasteiger partial charge in [-0.05, 0) is 42.7 Å². The van der Waals surface area contributed by atoms with Gasteiger partial charge in [-0.3, -0.25) is 14.5 Å². The van der Waals surface area contributed by atoms with E-state index in [0.29, 0.717) is 17.2 Å². The fraction of sp³-hybridized carbons (Fsp3) is 0.375. The van der Waals surface area contributed by atoms with Gasteiger partial charge in [-0.25, -0.2) is 0 Å². The molecule has 31 heavy (non-hydrogen) atoms. The van der Waals surface area contributed by atoms with Crippen LogP contribution in [0.25, 0.3) is 0 Å². The van der Waals surface area contributed by atoms with Crippen LogP contribution in [0, 0.1) is 29.6 Å². The standard InChI is InChI=1S/C24H22N2O5/c1-29-16-9-8-12(10-17(16)30-2)21-20-14-11-15(22(20)31-25-21)19-18(14)23(27)26(24(19)28)13-6-4-3-5-7-13/h3-10,14-15,18-20,22H,11H2,1-2H3/t14-,15-,18-,19-,20+,22+/m1/s1. The van der Waals surface area contributed by atoms with Crippen LogP contribution in [0.4, 0.5) is 5.69 Å². The van der Waals surface area contributed by atoms with Crippen molar-refractivity contribution in [3.05, 3.63) is 54.1 Å². The van der Waals surface area contributed by atoms with Crippen molar-refractivity contribution in [2.24, 2.45) is 34.7 Å². The number of imide groups is 1. The van der Waals surface area contributed by atoms with Gasteiger partial charge in [0.2, 0.25) is 11.8 Å². The van der Waals surface area contributed by atoms with Crippen molar-refractivity contribution in [3.63, 3.8) is 0 Å². The van der Waals surface area contributed by atoms with E-state index in [1.807, 2.05) is 48.5 Å². The van der Waals surface area contributed by atoms with Crippen LogP contribution in [0.1, 0.15) is 12.0 Å². The number of rotatable bonds is 4. The lowest BCUT2D eigenvalue weighted by Crippen LogP contribution is -2.41. The van der Waals surface area contributed by atoms with Gasteiger partial charge >= 0.3 is 0 Å². The quantitative estimate of drug-likeness (QED) is 0.714. The molecule has 7 nitrogen and oxygen atoms in total. The summed E-state index contributed by atoms with van der Waals surface area (Å²) in [6.07, 6.45) is 0.652. The number of hydrogen-bond donors (Lipinski definition) is 0. The average Bonchev–Trinajstić information content (AvgIpc) is 3.54. The highest BCUT2D eigenvalue weighted by Crippen LogP contribution is 2.62. The third-order valence-corrected chi connectivity index (χ3v) is 7.38. The van der Waals surface area contributed by atoms with Crippen LogP contribution in [0.15, 0.2) is 53.7 Å². The SMILES string of the molecule is COc1ccc(C2=NO[C@H]3[C@@H]4C[C@@H]([C@@H]23)[C@H]2C(=O)N(c3ccccc3)C(=O)[C@H]42)cc1OC. The van der Waals surface area contributed by atoms with Crippen LogP contribution >= 0.6 is 0 Å². The number of oxime groups is 1. The highest BCUT2D eigenvalue weighted by atomic mass is 16.6. The number of methoxy groups -OCH3 is 2. The van der Waals surface area contributed by atoms with Crippen molar-refractivity contribution in [1.82, 2.24) is 0 Å². The molecule has 3 fully saturated rings. The van der Waals surface area contributed by atoms with Crippen molar-refractivity contribution in [1.29, 1.82) is 0 Å². The van der Waals surface area contributed by atoms with Gasteiger partial charge in [-0.1, -0.05) is 23.4 Å². The van der Waals surface area contributed by atoms with Gasteiger partial charge in [-0.2, -0.15) is 0 Å². The Labute approximate surface area is 179 Å². The first kappa shape index (κ1) is 18.4. The Morgan fingerprint density at radius 3 is 2.32 bits per heavy atom. The number of carbonyl (C=O) groups is 2. The molecule has 2 aromatic rings. The van der Waals surface area contributed by atoms with Gasteiger partial charge < -0.3 is 14.3 Å². The molecule has 2 aliphatic heterocycles. The molecule has 0 unspecified atom stereocenters. The number of carbonyl (C=O) groups excluding carboxylic acids is 2. The van der Waals surface area contributed by atoms with Gasteiger partial charge in [-0.15, -0.1) is 0 Å². The van der Waals surface area contributed by atoms with Crippen molar-refractivity contribution in [2.45, 2.75) is 12.5 Å². The Morgan fingerprint density at radius 2 is 1.61 bits per heavy atom. The molecule has 0 radical (unpaired) electrons. The number of hydrogen-bond acceptors (Lipinski definition) is 6. The second-order valence-corrected chi connectivity index (χ2v) is 8.60. The van der Waals surface area contributed by atoms with E-state index in [1.54, 1.807) is 14.2 Å². The fourth-order valence-electron chi connectivity index (χ4n) is 6.19. The summed E-state index contributed by atoms with van der Waals surface area (Å²) in [5, 5.41) is 4.40. The second-order valence-electron chi connectivity index (χ2n) is 8.60. The molecule has 2 aliphatic carbocycles. The molecule has 0 N–H and O–H groups in total. The number of anilines is 1. The smallest absolute Gasteiger partial charge is 0.238 e. The third kappa shape index (κ3) is 2.37. The van der Waals surface area contributed by atoms with Crippen LogP contribution in [-0.2, 0) is 14.4 Å². The Kier molecular flexibility index (Phi) is 3.91. The molecule has 1 saturated heterocycles. The maximum absolute atomic E-state index is 13.4. The zero-order chi connectivity index (χ0) is 21.3. The van der Waals surface area contributed by atoms with Gasteiger partial charge in [0.15, 0.2) is 11.5 Å². The van der Waals surface area contributed by atoms with E-state index in [-0.39, 0.29) is 47.5 Å². The maximum atomic E-state index is 13.4. The lowest BCUT2D eigenvalue weighted by molar-refractivity contribution is -0.125. The summed E-state index contributed by atoms with van der Waals surface area (Å²) in [7, 11) is 3.20. The Balaban J connectivity index is 1.34. The first-order chi connectivity index (χ1) is 15.1. The minimum atomic E-state index is -0.320. The molecule has 0 aromatic heterocycles. The van der Waals surface area contributed by atoms with Crippen LogP contribution in [0.3, 0.4) is 0 Å². The van der Waals surface area contributed by atoms with Crippen LogP contribution in [0.5, 0.6) is 11.5 Å². The molecule has 2 aromatic carbocycles. The summed E-state index contributed by atoms with van der Waals surface area (Å²) in [5.74, 6) is 0.480. The summed E-state index contributed by atoms with van der Waals surface area (Å²) in [5.41, 5.74) is 2.37. The molecule has 0 spiro atoms. The third-order valence-electron chi connectivity index (χ3n) is 7.38. The van der Waals surface area contributed by atoms with E-state index in [9.17, 15) is 9.59 Å². The van der Waals surface area contributed by atoms with Crippen molar-refractivity contribution < 1.29 is 23.9 Å². The minimum Gasteiger partial charge on any atom is -0.493 e. The van der Waals surface area contributed by atoms with Gasteiger partial charge in [0.25, 0.3) is 0 Å². The summed E-state index contributed by atoms with van der Waals surface area (Å²) in [6.45, 7) is 0. The second kappa shape index (κ2) is 6.57. The number of nitrogens with zero attached hydrogens (tertiary/aromatic N) is 2.